The van der Waals surface area contributed by atoms with E-state index in [2.05, 4.69) is 10.6 Å². The van der Waals surface area contributed by atoms with Crippen LogP contribution in [0.4, 0.5) is 11.4 Å². The van der Waals surface area contributed by atoms with Gasteiger partial charge in [-0.25, -0.2) is 0 Å². The molecule has 0 aliphatic rings. The fourth-order valence-electron chi connectivity index (χ4n) is 2.82. The summed E-state index contributed by atoms with van der Waals surface area (Å²) in [5.74, 6) is 1.17. The molecule has 4 N–H and O–H groups in total. The zero-order chi connectivity index (χ0) is 24.5. The summed E-state index contributed by atoms with van der Waals surface area (Å²) in [7, 11) is 0. The summed E-state index contributed by atoms with van der Waals surface area (Å²) >= 11 is 23.7. The molecule has 0 spiro atoms. The predicted molar refractivity (Wildman–Crippen MR) is 139 cm³/mol. The van der Waals surface area contributed by atoms with Crippen LogP contribution >= 0.6 is 46.4 Å². The Labute approximate surface area is 218 Å². The molecule has 0 saturated carbocycles. The molecule has 3 rings (SSSR count). The minimum Gasteiger partial charge on any atom is -0.491 e. The van der Waals surface area contributed by atoms with Gasteiger partial charge in [0.05, 0.1) is 20.1 Å². The number of benzene rings is 3. The lowest BCUT2D eigenvalue weighted by molar-refractivity contribution is 0.115. The maximum absolute atomic E-state index is 10.1. The first kappa shape index (κ1) is 26.5. The van der Waals surface area contributed by atoms with E-state index in [1.165, 1.54) is 0 Å². The summed E-state index contributed by atoms with van der Waals surface area (Å²) in [4.78, 5) is 0. The molecule has 2 atom stereocenters. The Bertz CT molecular complexity index is 985. The van der Waals surface area contributed by atoms with Crippen molar-refractivity contribution in [2.75, 3.05) is 36.9 Å². The van der Waals surface area contributed by atoms with Crippen LogP contribution in [0.1, 0.15) is 0 Å². The molecule has 0 heterocycles. The van der Waals surface area contributed by atoms with Crippen molar-refractivity contribution in [3.8, 4) is 11.5 Å². The lowest BCUT2D eigenvalue weighted by atomic mass is 10.3. The molecule has 0 bridgehead atoms. The van der Waals surface area contributed by atoms with Gasteiger partial charge in [0, 0.05) is 24.5 Å². The maximum atomic E-state index is 10.1. The smallest absolute Gasteiger partial charge is 0.119 e. The van der Waals surface area contributed by atoms with Gasteiger partial charge in [-0.3, -0.25) is 0 Å². The number of halogens is 4. The summed E-state index contributed by atoms with van der Waals surface area (Å²) in [5, 5.41) is 28.3. The van der Waals surface area contributed by atoms with Gasteiger partial charge in [0.25, 0.3) is 0 Å². The van der Waals surface area contributed by atoms with Crippen molar-refractivity contribution in [3.63, 3.8) is 0 Å². The van der Waals surface area contributed by atoms with E-state index in [9.17, 15) is 10.2 Å². The SMILES string of the molecule is O[C@H](CNc1ccc(Cl)c(Cl)c1)COc1ccc(OC[C@@H](O)CNc2ccc(Cl)c(Cl)c2)cc1. The Morgan fingerprint density at radius 2 is 0.971 bits per heavy atom. The van der Waals surface area contributed by atoms with Crippen molar-refractivity contribution in [3.05, 3.63) is 80.8 Å². The van der Waals surface area contributed by atoms with E-state index in [1.807, 2.05) is 0 Å². The molecule has 0 saturated heterocycles. The summed E-state index contributed by atoms with van der Waals surface area (Å²) in [6.07, 6.45) is -1.47. The van der Waals surface area contributed by atoms with Crippen molar-refractivity contribution in [2.45, 2.75) is 12.2 Å². The van der Waals surface area contributed by atoms with Gasteiger partial charge in [-0.05, 0) is 60.7 Å². The second-order valence-electron chi connectivity index (χ2n) is 7.42. The van der Waals surface area contributed by atoms with E-state index in [-0.39, 0.29) is 26.3 Å². The van der Waals surface area contributed by atoms with Gasteiger partial charge in [-0.1, -0.05) is 46.4 Å². The van der Waals surface area contributed by atoms with Crippen LogP contribution in [0, 0.1) is 0 Å². The molecular weight excluding hydrogens is 522 g/mol. The van der Waals surface area contributed by atoms with Crippen molar-refractivity contribution in [1.29, 1.82) is 0 Å². The highest BCUT2D eigenvalue weighted by Crippen LogP contribution is 2.26. The molecule has 0 aliphatic carbocycles. The summed E-state index contributed by atoms with van der Waals surface area (Å²) < 4.78 is 11.2. The van der Waals surface area contributed by atoms with Gasteiger partial charge in [-0.15, -0.1) is 0 Å². The molecule has 182 valence electrons. The number of hydrogen-bond donors (Lipinski definition) is 4. The molecule has 0 amide bonds. The highest BCUT2D eigenvalue weighted by atomic mass is 35.5. The fraction of sp³-hybridized carbons (Fsp3) is 0.250. The highest BCUT2D eigenvalue weighted by Gasteiger charge is 2.09. The minimum absolute atomic E-state index is 0.105. The van der Waals surface area contributed by atoms with E-state index in [0.717, 1.165) is 11.4 Å². The standard InChI is InChI=1S/C24H24Cl4N2O4/c25-21-7-1-15(9-23(21)27)29-11-17(31)13-33-19-3-5-20(6-4-19)34-14-18(32)12-30-16-2-8-22(26)24(28)10-16/h1-10,17-18,29-32H,11-14H2/t17-,18+. The molecule has 0 aliphatic heterocycles. The normalized spacial score (nSPS) is 12.6. The Kier molecular flexibility index (Phi) is 10.3. The number of hydrogen-bond acceptors (Lipinski definition) is 6. The molecule has 6 nitrogen and oxygen atoms in total. The van der Waals surface area contributed by atoms with Gasteiger partial charge < -0.3 is 30.3 Å². The molecule has 0 unspecified atom stereocenters. The zero-order valence-electron chi connectivity index (χ0n) is 18.0. The average molecular weight is 546 g/mol. The third-order valence-electron chi connectivity index (χ3n) is 4.63. The largest absolute Gasteiger partial charge is 0.491 e. The van der Waals surface area contributed by atoms with E-state index in [0.29, 0.717) is 31.6 Å². The molecule has 10 heteroatoms. The minimum atomic E-state index is -0.733. The van der Waals surface area contributed by atoms with Crippen LogP contribution < -0.4 is 20.1 Å². The molecule has 0 aromatic heterocycles. The van der Waals surface area contributed by atoms with Crippen molar-refractivity contribution in [2.24, 2.45) is 0 Å². The van der Waals surface area contributed by atoms with E-state index >= 15 is 0 Å². The number of anilines is 2. The molecule has 0 radical (unpaired) electrons. The first-order valence-electron chi connectivity index (χ1n) is 10.4. The van der Waals surface area contributed by atoms with Crippen LogP contribution in [-0.2, 0) is 0 Å². The summed E-state index contributed by atoms with van der Waals surface area (Å²) in [6.45, 7) is 0.780. The molecule has 3 aromatic rings. The Hall–Kier alpha value is -2.06. The van der Waals surface area contributed by atoms with Gasteiger partial charge in [0.15, 0.2) is 0 Å². The number of aliphatic hydroxyl groups is 2. The van der Waals surface area contributed by atoms with Crippen molar-refractivity contribution < 1.29 is 19.7 Å². The summed E-state index contributed by atoms with van der Waals surface area (Å²) in [5.41, 5.74) is 1.51. The first-order valence-corrected chi connectivity index (χ1v) is 11.9. The van der Waals surface area contributed by atoms with Gasteiger partial charge in [0.1, 0.15) is 36.9 Å². The Morgan fingerprint density at radius 3 is 1.32 bits per heavy atom. The molecule has 0 fully saturated rings. The fourth-order valence-corrected chi connectivity index (χ4v) is 3.41. The molecule has 34 heavy (non-hydrogen) atoms. The van der Waals surface area contributed by atoms with E-state index < -0.39 is 12.2 Å². The van der Waals surface area contributed by atoms with Crippen LogP contribution in [0.15, 0.2) is 60.7 Å². The van der Waals surface area contributed by atoms with Crippen LogP contribution in [0.25, 0.3) is 0 Å². The van der Waals surface area contributed by atoms with Crippen molar-refractivity contribution in [1.82, 2.24) is 0 Å². The van der Waals surface area contributed by atoms with Gasteiger partial charge in [-0.2, -0.15) is 0 Å². The second-order valence-corrected chi connectivity index (χ2v) is 9.05. The Balaban J connectivity index is 1.35. The number of ether oxygens (including phenoxy) is 2. The van der Waals surface area contributed by atoms with Crippen LogP contribution in [0.5, 0.6) is 11.5 Å². The third-order valence-corrected chi connectivity index (χ3v) is 6.11. The molecule has 3 aromatic carbocycles. The van der Waals surface area contributed by atoms with Crippen molar-refractivity contribution >= 4 is 57.8 Å². The van der Waals surface area contributed by atoms with Gasteiger partial charge in [0.2, 0.25) is 0 Å². The van der Waals surface area contributed by atoms with E-state index in [1.54, 1.807) is 60.7 Å². The molecular formula is C24H24Cl4N2O4. The first-order chi connectivity index (χ1) is 16.3. The average Bonchev–Trinajstić information content (AvgIpc) is 2.83. The zero-order valence-corrected chi connectivity index (χ0v) is 21.0. The van der Waals surface area contributed by atoms with Crippen LogP contribution in [0.3, 0.4) is 0 Å². The monoisotopic (exact) mass is 544 g/mol. The van der Waals surface area contributed by atoms with E-state index in [4.69, 9.17) is 55.9 Å². The highest BCUT2D eigenvalue weighted by molar-refractivity contribution is 6.42. The lowest BCUT2D eigenvalue weighted by Gasteiger charge is -2.16. The quantitative estimate of drug-likeness (QED) is 0.223. The maximum Gasteiger partial charge on any atom is 0.119 e. The number of nitrogens with one attached hydrogen (secondary N) is 2. The second kappa shape index (κ2) is 13.1. The summed E-state index contributed by atoms with van der Waals surface area (Å²) in [6, 6.07) is 17.2. The third kappa shape index (κ3) is 8.62. The van der Waals surface area contributed by atoms with Crippen LogP contribution in [0.2, 0.25) is 20.1 Å². The number of aliphatic hydroxyl groups excluding tert-OH is 2. The Morgan fingerprint density at radius 1 is 0.588 bits per heavy atom. The lowest BCUT2D eigenvalue weighted by Crippen LogP contribution is -2.26. The topological polar surface area (TPSA) is 83.0 Å². The number of rotatable bonds is 12. The predicted octanol–water partition coefficient (Wildman–Crippen LogP) is 6.00. The van der Waals surface area contributed by atoms with Gasteiger partial charge >= 0.3 is 0 Å². The van der Waals surface area contributed by atoms with Crippen LogP contribution in [-0.4, -0.2) is 48.7 Å².